The quantitative estimate of drug-likeness (QED) is 0.709. The van der Waals surface area contributed by atoms with E-state index in [4.69, 9.17) is 15.8 Å². The predicted octanol–water partition coefficient (Wildman–Crippen LogP) is 3.62. The minimum atomic E-state index is 0.574. The Labute approximate surface area is 163 Å². The SMILES string of the molecule is Nc1cc(SC2CCNCC2)nn2c(C3CC3)c(Cc3ccccc3)nc12. The fourth-order valence-electron chi connectivity index (χ4n) is 3.91. The number of imidazole rings is 1. The van der Waals surface area contributed by atoms with E-state index < -0.39 is 0 Å². The molecule has 2 aromatic heterocycles. The average Bonchev–Trinajstić information content (AvgIpc) is 3.45. The van der Waals surface area contributed by atoms with Crippen molar-refractivity contribution in [3.05, 3.63) is 53.3 Å². The monoisotopic (exact) mass is 379 g/mol. The van der Waals surface area contributed by atoms with E-state index in [1.807, 2.05) is 17.8 Å². The van der Waals surface area contributed by atoms with Crippen LogP contribution in [0.5, 0.6) is 0 Å². The molecule has 1 aromatic carbocycles. The highest BCUT2D eigenvalue weighted by atomic mass is 32.2. The van der Waals surface area contributed by atoms with Crippen LogP contribution in [0.2, 0.25) is 0 Å². The molecule has 0 amide bonds. The molecular weight excluding hydrogens is 354 g/mol. The number of nitrogen functional groups attached to an aromatic ring is 1. The predicted molar refractivity (Wildman–Crippen MR) is 110 cm³/mol. The summed E-state index contributed by atoms with van der Waals surface area (Å²) in [5.74, 6) is 0.574. The van der Waals surface area contributed by atoms with Gasteiger partial charge >= 0.3 is 0 Å². The van der Waals surface area contributed by atoms with Crippen molar-refractivity contribution in [1.82, 2.24) is 19.9 Å². The third-order valence-electron chi connectivity index (χ3n) is 5.45. The maximum absolute atomic E-state index is 6.41. The summed E-state index contributed by atoms with van der Waals surface area (Å²) in [5, 5.41) is 10.0. The number of rotatable bonds is 5. The largest absolute Gasteiger partial charge is 0.396 e. The van der Waals surface area contributed by atoms with Gasteiger partial charge in [-0.2, -0.15) is 5.10 Å². The molecule has 1 aliphatic carbocycles. The number of nitrogens with two attached hydrogens (primary N) is 1. The molecular formula is C21H25N5S. The Kier molecular flexibility index (Phi) is 4.53. The van der Waals surface area contributed by atoms with Crippen molar-refractivity contribution >= 4 is 23.1 Å². The lowest BCUT2D eigenvalue weighted by Crippen LogP contribution is -2.29. The molecule has 3 aromatic rings. The molecule has 1 aliphatic heterocycles. The van der Waals surface area contributed by atoms with Crippen molar-refractivity contribution < 1.29 is 0 Å². The standard InChI is InChI=1S/C21H25N5S/c22-17-13-19(27-16-8-10-23-11-9-16)25-26-20(15-6-7-15)18(24-21(17)26)12-14-4-2-1-3-5-14/h1-5,13,15-16,23H,6-12,22H2. The third-order valence-corrected chi connectivity index (χ3v) is 6.70. The first-order valence-corrected chi connectivity index (χ1v) is 10.8. The van der Waals surface area contributed by atoms with Gasteiger partial charge in [0.1, 0.15) is 5.03 Å². The van der Waals surface area contributed by atoms with E-state index in [1.54, 1.807) is 0 Å². The second-order valence-electron chi connectivity index (χ2n) is 7.62. The van der Waals surface area contributed by atoms with Gasteiger partial charge in [-0.1, -0.05) is 30.3 Å². The van der Waals surface area contributed by atoms with Gasteiger partial charge in [0.25, 0.3) is 0 Å². The second kappa shape index (κ2) is 7.17. The lowest BCUT2D eigenvalue weighted by Gasteiger charge is -2.21. The van der Waals surface area contributed by atoms with E-state index in [0.717, 1.165) is 41.6 Å². The zero-order valence-electron chi connectivity index (χ0n) is 15.4. The molecule has 0 bridgehead atoms. The summed E-state index contributed by atoms with van der Waals surface area (Å²) >= 11 is 1.87. The van der Waals surface area contributed by atoms with Crippen LogP contribution < -0.4 is 11.1 Å². The van der Waals surface area contributed by atoms with E-state index >= 15 is 0 Å². The number of benzene rings is 1. The van der Waals surface area contributed by atoms with Crippen molar-refractivity contribution in [3.8, 4) is 0 Å². The highest BCUT2D eigenvalue weighted by Crippen LogP contribution is 2.43. The van der Waals surface area contributed by atoms with E-state index in [0.29, 0.717) is 11.2 Å². The normalized spacial score (nSPS) is 18.2. The van der Waals surface area contributed by atoms with Gasteiger partial charge in [-0.05, 0) is 50.4 Å². The maximum Gasteiger partial charge on any atom is 0.177 e. The Bertz CT molecular complexity index is 942. The molecule has 2 aliphatic rings. The van der Waals surface area contributed by atoms with Crippen molar-refractivity contribution in [2.45, 2.75) is 48.3 Å². The first kappa shape index (κ1) is 17.1. The molecule has 2 fully saturated rings. The van der Waals surface area contributed by atoms with Gasteiger partial charge in [0, 0.05) is 17.6 Å². The van der Waals surface area contributed by atoms with E-state index in [1.165, 1.54) is 36.9 Å². The molecule has 0 atom stereocenters. The van der Waals surface area contributed by atoms with Gasteiger partial charge in [0.2, 0.25) is 0 Å². The lowest BCUT2D eigenvalue weighted by molar-refractivity contribution is 0.531. The maximum atomic E-state index is 6.41. The van der Waals surface area contributed by atoms with Crippen molar-refractivity contribution in [1.29, 1.82) is 0 Å². The van der Waals surface area contributed by atoms with Crippen LogP contribution in [0.25, 0.3) is 5.65 Å². The summed E-state index contributed by atoms with van der Waals surface area (Å²) in [7, 11) is 0. The molecule has 1 saturated heterocycles. The average molecular weight is 380 g/mol. The number of nitrogens with one attached hydrogen (secondary N) is 1. The Balaban J connectivity index is 1.52. The molecule has 1 saturated carbocycles. The number of piperidine rings is 1. The minimum Gasteiger partial charge on any atom is -0.396 e. The van der Waals surface area contributed by atoms with Crippen LogP contribution in [0.3, 0.4) is 0 Å². The molecule has 3 heterocycles. The highest BCUT2D eigenvalue weighted by molar-refractivity contribution is 7.99. The number of aromatic nitrogens is 3. The fraction of sp³-hybridized carbons (Fsp3) is 0.429. The number of hydrogen-bond acceptors (Lipinski definition) is 5. The summed E-state index contributed by atoms with van der Waals surface area (Å²) in [4.78, 5) is 4.91. The smallest absolute Gasteiger partial charge is 0.177 e. The number of fused-ring (bicyclic) bond motifs is 1. The van der Waals surface area contributed by atoms with Crippen LogP contribution in [0, 0.1) is 0 Å². The fourth-order valence-corrected chi connectivity index (χ4v) is 5.04. The zero-order valence-corrected chi connectivity index (χ0v) is 16.2. The molecule has 140 valence electrons. The van der Waals surface area contributed by atoms with Crippen molar-refractivity contribution in [2.75, 3.05) is 18.8 Å². The van der Waals surface area contributed by atoms with Gasteiger partial charge in [0.15, 0.2) is 5.65 Å². The van der Waals surface area contributed by atoms with Gasteiger partial charge in [0.05, 0.1) is 17.1 Å². The summed E-state index contributed by atoms with van der Waals surface area (Å²) in [6.45, 7) is 2.18. The summed E-state index contributed by atoms with van der Waals surface area (Å²) in [6.07, 6.45) is 5.66. The molecule has 0 spiro atoms. The van der Waals surface area contributed by atoms with Gasteiger partial charge < -0.3 is 11.1 Å². The second-order valence-corrected chi connectivity index (χ2v) is 8.94. The number of hydrogen-bond donors (Lipinski definition) is 2. The summed E-state index contributed by atoms with van der Waals surface area (Å²) < 4.78 is 2.05. The van der Waals surface area contributed by atoms with Crippen molar-refractivity contribution in [3.63, 3.8) is 0 Å². The molecule has 3 N–H and O–H groups in total. The van der Waals surface area contributed by atoms with Crippen LogP contribution >= 0.6 is 11.8 Å². The molecule has 0 unspecified atom stereocenters. The highest BCUT2D eigenvalue weighted by Gasteiger charge is 2.32. The van der Waals surface area contributed by atoms with Gasteiger partial charge in [-0.25, -0.2) is 9.50 Å². The molecule has 5 nitrogen and oxygen atoms in total. The topological polar surface area (TPSA) is 68.2 Å². The molecule has 6 heteroatoms. The van der Waals surface area contributed by atoms with Crippen LogP contribution in [-0.4, -0.2) is 32.9 Å². The van der Waals surface area contributed by atoms with Crippen molar-refractivity contribution in [2.24, 2.45) is 0 Å². The van der Waals surface area contributed by atoms with E-state index in [-0.39, 0.29) is 0 Å². The first-order valence-electron chi connectivity index (χ1n) is 9.87. The van der Waals surface area contributed by atoms with Gasteiger partial charge in [-0.3, -0.25) is 0 Å². The van der Waals surface area contributed by atoms with Gasteiger partial charge in [-0.15, -0.1) is 11.8 Å². The first-order chi connectivity index (χ1) is 13.3. The van der Waals surface area contributed by atoms with E-state index in [9.17, 15) is 0 Å². The minimum absolute atomic E-state index is 0.574. The number of thioether (sulfide) groups is 1. The summed E-state index contributed by atoms with van der Waals surface area (Å²) in [6, 6.07) is 12.6. The Morgan fingerprint density at radius 1 is 1.11 bits per heavy atom. The van der Waals surface area contributed by atoms with Crippen LogP contribution in [0.1, 0.15) is 48.6 Å². The Hall–Kier alpha value is -2.05. The van der Waals surface area contributed by atoms with Crippen LogP contribution in [0.4, 0.5) is 5.69 Å². The zero-order chi connectivity index (χ0) is 18.2. The molecule has 0 radical (unpaired) electrons. The summed E-state index contributed by atoms with van der Waals surface area (Å²) in [5.41, 5.74) is 11.7. The lowest BCUT2D eigenvalue weighted by atomic mass is 10.1. The van der Waals surface area contributed by atoms with Crippen LogP contribution in [0.15, 0.2) is 41.4 Å². The number of nitrogens with zero attached hydrogens (tertiary/aromatic N) is 3. The van der Waals surface area contributed by atoms with Crippen LogP contribution in [-0.2, 0) is 6.42 Å². The molecule has 5 rings (SSSR count). The Morgan fingerprint density at radius 3 is 2.63 bits per heavy atom. The Morgan fingerprint density at radius 2 is 1.89 bits per heavy atom. The third kappa shape index (κ3) is 3.56. The number of anilines is 1. The van der Waals surface area contributed by atoms with E-state index in [2.05, 4.69) is 40.2 Å². The molecule has 27 heavy (non-hydrogen) atoms.